The molecular formula is C52H35NO. The third-order valence-corrected chi connectivity index (χ3v) is 10.5. The molecule has 0 bridgehead atoms. The number of furan rings is 1. The lowest BCUT2D eigenvalue weighted by molar-refractivity contribution is 0.674. The molecule has 0 aliphatic carbocycles. The van der Waals surface area contributed by atoms with Gasteiger partial charge in [-0.25, -0.2) is 0 Å². The van der Waals surface area contributed by atoms with Crippen LogP contribution in [0.1, 0.15) is 0 Å². The molecule has 0 aliphatic heterocycles. The van der Waals surface area contributed by atoms with Gasteiger partial charge in [-0.2, -0.15) is 0 Å². The van der Waals surface area contributed by atoms with Gasteiger partial charge in [0.2, 0.25) is 0 Å². The Morgan fingerprint density at radius 1 is 0.259 bits per heavy atom. The van der Waals surface area contributed by atoms with E-state index in [4.69, 9.17) is 4.42 Å². The van der Waals surface area contributed by atoms with Crippen molar-refractivity contribution in [2.24, 2.45) is 0 Å². The van der Waals surface area contributed by atoms with Gasteiger partial charge in [0.05, 0.1) is 0 Å². The van der Waals surface area contributed by atoms with Crippen molar-refractivity contribution in [2.45, 2.75) is 0 Å². The van der Waals surface area contributed by atoms with E-state index in [9.17, 15) is 0 Å². The van der Waals surface area contributed by atoms with Crippen LogP contribution in [-0.4, -0.2) is 0 Å². The number of rotatable bonds is 7. The number of fused-ring (bicyclic) bond motifs is 5. The van der Waals surface area contributed by atoms with Crippen molar-refractivity contribution in [3.8, 4) is 44.5 Å². The third kappa shape index (κ3) is 5.62. The topological polar surface area (TPSA) is 16.4 Å². The van der Waals surface area contributed by atoms with Gasteiger partial charge < -0.3 is 9.32 Å². The summed E-state index contributed by atoms with van der Waals surface area (Å²) in [5, 5.41) is 4.53. The molecule has 0 radical (unpaired) electrons. The summed E-state index contributed by atoms with van der Waals surface area (Å²) < 4.78 is 6.76. The van der Waals surface area contributed by atoms with Crippen molar-refractivity contribution in [1.29, 1.82) is 0 Å². The summed E-state index contributed by atoms with van der Waals surface area (Å²) in [6, 6.07) is 75.7. The largest absolute Gasteiger partial charge is 0.455 e. The summed E-state index contributed by atoms with van der Waals surface area (Å²) in [4.78, 5) is 2.34. The minimum atomic E-state index is 0.920. The molecule has 0 saturated heterocycles. The van der Waals surface area contributed by atoms with E-state index in [2.05, 4.69) is 217 Å². The van der Waals surface area contributed by atoms with Gasteiger partial charge in [0.1, 0.15) is 11.2 Å². The summed E-state index contributed by atoms with van der Waals surface area (Å²) in [6.07, 6.45) is 0. The van der Waals surface area contributed by atoms with E-state index in [1.54, 1.807) is 0 Å². The predicted octanol–water partition coefficient (Wildman–Crippen LogP) is 14.9. The van der Waals surface area contributed by atoms with Crippen LogP contribution in [0, 0.1) is 0 Å². The highest BCUT2D eigenvalue weighted by Gasteiger charge is 2.18. The lowest BCUT2D eigenvalue weighted by Crippen LogP contribution is -2.09. The molecule has 254 valence electrons. The zero-order valence-corrected chi connectivity index (χ0v) is 29.6. The third-order valence-electron chi connectivity index (χ3n) is 10.5. The Balaban J connectivity index is 1.08. The summed E-state index contributed by atoms with van der Waals surface area (Å²) in [6.45, 7) is 0. The Hall–Kier alpha value is -7.16. The maximum atomic E-state index is 6.76. The van der Waals surface area contributed by atoms with E-state index >= 15 is 0 Å². The quantitative estimate of drug-likeness (QED) is 0.166. The monoisotopic (exact) mass is 689 g/mol. The second-order valence-corrected chi connectivity index (χ2v) is 13.7. The van der Waals surface area contributed by atoms with Crippen LogP contribution in [-0.2, 0) is 0 Å². The van der Waals surface area contributed by atoms with Crippen molar-refractivity contribution in [3.05, 3.63) is 212 Å². The van der Waals surface area contributed by atoms with E-state index in [0.29, 0.717) is 0 Å². The summed E-state index contributed by atoms with van der Waals surface area (Å²) in [5.74, 6) is 0. The fourth-order valence-corrected chi connectivity index (χ4v) is 7.81. The van der Waals surface area contributed by atoms with E-state index in [1.807, 2.05) is 0 Å². The molecule has 10 rings (SSSR count). The van der Waals surface area contributed by atoms with Crippen molar-refractivity contribution in [3.63, 3.8) is 0 Å². The van der Waals surface area contributed by atoms with Crippen molar-refractivity contribution in [2.75, 3.05) is 4.90 Å². The number of nitrogens with zero attached hydrogens (tertiary/aromatic N) is 1. The minimum Gasteiger partial charge on any atom is -0.455 e. The first-order valence-electron chi connectivity index (χ1n) is 18.4. The van der Waals surface area contributed by atoms with Gasteiger partial charge in [-0.3, -0.25) is 0 Å². The number of hydrogen-bond donors (Lipinski definition) is 0. The molecule has 1 heterocycles. The van der Waals surface area contributed by atoms with Crippen LogP contribution in [0.5, 0.6) is 0 Å². The van der Waals surface area contributed by atoms with E-state index in [0.717, 1.165) is 61.1 Å². The molecular weight excluding hydrogens is 655 g/mol. The van der Waals surface area contributed by atoms with E-state index in [-0.39, 0.29) is 0 Å². The van der Waals surface area contributed by atoms with Crippen LogP contribution in [0.15, 0.2) is 217 Å². The van der Waals surface area contributed by atoms with Crippen LogP contribution in [0.4, 0.5) is 17.1 Å². The minimum absolute atomic E-state index is 0.920. The highest BCUT2D eigenvalue weighted by atomic mass is 16.3. The van der Waals surface area contributed by atoms with Crippen LogP contribution in [0.25, 0.3) is 77.2 Å². The molecule has 1 aromatic heterocycles. The molecule has 2 nitrogen and oxygen atoms in total. The molecule has 0 N–H and O–H groups in total. The molecule has 0 fully saturated rings. The Morgan fingerprint density at radius 3 is 1.19 bits per heavy atom. The van der Waals surface area contributed by atoms with Crippen LogP contribution >= 0.6 is 0 Å². The lowest BCUT2D eigenvalue weighted by Gasteiger charge is -2.26. The van der Waals surface area contributed by atoms with E-state index < -0.39 is 0 Å². The first-order valence-corrected chi connectivity index (χ1v) is 18.4. The second-order valence-electron chi connectivity index (χ2n) is 13.7. The molecule has 0 saturated carbocycles. The summed E-state index contributed by atoms with van der Waals surface area (Å²) in [5.41, 5.74) is 14.5. The van der Waals surface area contributed by atoms with Crippen LogP contribution in [0.2, 0.25) is 0 Å². The average molecular weight is 690 g/mol. The SMILES string of the molecule is c1ccc(-c2ccc(N(c3ccc(-c4ccccc4)cc3)c3ccc(-c4cc5c6cccc(-c7ccccc7)c6oc5c5ccccc45)cc3)cc2)cc1. The highest BCUT2D eigenvalue weighted by molar-refractivity contribution is 6.20. The van der Waals surface area contributed by atoms with E-state index in [1.165, 1.54) is 33.2 Å². The Bertz CT molecular complexity index is 2790. The van der Waals surface area contributed by atoms with Crippen molar-refractivity contribution >= 4 is 49.8 Å². The molecule has 0 amide bonds. The summed E-state index contributed by atoms with van der Waals surface area (Å²) >= 11 is 0. The number of anilines is 3. The first kappa shape index (κ1) is 31.6. The fraction of sp³-hybridized carbons (Fsp3) is 0. The molecule has 54 heavy (non-hydrogen) atoms. The van der Waals surface area contributed by atoms with Gasteiger partial charge in [0, 0.05) is 38.8 Å². The number of para-hydroxylation sites is 1. The smallest absolute Gasteiger partial charge is 0.143 e. The van der Waals surface area contributed by atoms with Gasteiger partial charge in [-0.15, -0.1) is 0 Å². The van der Waals surface area contributed by atoms with Gasteiger partial charge in [0.25, 0.3) is 0 Å². The molecule has 0 spiro atoms. The molecule has 0 aliphatic rings. The zero-order valence-electron chi connectivity index (χ0n) is 29.6. The molecule has 10 aromatic rings. The van der Waals surface area contributed by atoms with Gasteiger partial charge in [0.15, 0.2) is 0 Å². The Morgan fingerprint density at radius 2 is 0.648 bits per heavy atom. The summed E-state index contributed by atoms with van der Waals surface area (Å²) in [7, 11) is 0. The average Bonchev–Trinajstić information content (AvgIpc) is 3.64. The van der Waals surface area contributed by atoms with Crippen molar-refractivity contribution < 1.29 is 4.42 Å². The zero-order chi connectivity index (χ0) is 35.8. The van der Waals surface area contributed by atoms with Crippen LogP contribution in [0.3, 0.4) is 0 Å². The first-order chi connectivity index (χ1) is 26.8. The Kier molecular flexibility index (Phi) is 7.85. The second kappa shape index (κ2) is 13.4. The van der Waals surface area contributed by atoms with Gasteiger partial charge >= 0.3 is 0 Å². The lowest BCUT2D eigenvalue weighted by atomic mass is 9.94. The molecule has 0 atom stereocenters. The molecule has 2 heteroatoms. The fourth-order valence-electron chi connectivity index (χ4n) is 7.81. The molecule has 9 aromatic carbocycles. The Labute approximate surface area is 314 Å². The normalized spacial score (nSPS) is 11.3. The van der Waals surface area contributed by atoms with Gasteiger partial charge in [-0.1, -0.05) is 170 Å². The standard InChI is InChI=1S/C52H35NO/c1-4-13-36(14-5-1)38-23-29-42(30-24-38)53(43-31-25-39(26-32-43)37-15-6-2-7-16-37)44-33-27-41(28-34-44)49-35-50-48-22-12-21-45(40-17-8-3-9-18-40)51(48)54-52(50)47-20-11-10-19-46(47)49/h1-35H. The number of hydrogen-bond acceptors (Lipinski definition) is 2. The predicted molar refractivity (Wildman–Crippen MR) is 228 cm³/mol. The van der Waals surface area contributed by atoms with Crippen molar-refractivity contribution in [1.82, 2.24) is 0 Å². The highest BCUT2D eigenvalue weighted by Crippen LogP contribution is 2.43. The molecule has 0 unspecified atom stereocenters. The van der Waals surface area contributed by atoms with Gasteiger partial charge in [-0.05, 0) is 86.8 Å². The van der Waals surface area contributed by atoms with Crippen LogP contribution < -0.4 is 4.90 Å². The maximum absolute atomic E-state index is 6.76. The maximum Gasteiger partial charge on any atom is 0.143 e. The number of benzene rings is 9.